The van der Waals surface area contributed by atoms with Crippen molar-refractivity contribution in [3.63, 3.8) is 0 Å². The first-order chi connectivity index (χ1) is 11.1. The van der Waals surface area contributed by atoms with Gasteiger partial charge in [0.05, 0.1) is 4.88 Å². The van der Waals surface area contributed by atoms with E-state index in [4.69, 9.17) is 0 Å². The van der Waals surface area contributed by atoms with Gasteiger partial charge in [-0.3, -0.25) is 9.59 Å². The number of thiophene rings is 1. The summed E-state index contributed by atoms with van der Waals surface area (Å²) in [4.78, 5) is 31.2. The lowest BCUT2D eigenvalue weighted by atomic mass is 9.87. The molecule has 1 fully saturated rings. The molecule has 4 nitrogen and oxygen atoms in total. The quantitative estimate of drug-likeness (QED) is 0.849. The Morgan fingerprint density at radius 1 is 1.26 bits per heavy atom. The molecule has 0 bridgehead atoms. The van der Waals surface area contributed by atoms with E-state index in [0.717, 1.165) is 63.2 Å². The first kappa shape index (κ1) is 16.5. The smallest absolute Gasteiger partial charge is 0.263 e. The lowest BCUT2D eigenvalue weighted by molar-refractivity contribution is -0.134. The lowest BCUT2D eigenvalue weighted by Gasteiger charge is -2.26. The second kappa shape index (κ2) is 7.04. The fourth-order valence-electron chi connectivity index (χ4n) is 3.70. The molecular weight excluding hydrogens is 308 g/mol. The maximum atomic E-state index is 12.6. The summed E-state index contributed by atoms with van der Waals surface area (Å²) in [7, 11) is 0. The lowest BCUT2D eigenvalue weighted by Crippen LogP contribution is -2.36. The minimum absolute atomic E-state index is 0.117. The van der Waals surface area contributed by atoms with Crippen molar-refractivity contribution in [2.75, 3.05) is 26.2 Å². The summed E-state index contributed by atoms with van der Waals surface area (Å²) in [6.07, 6.45) is 4.97. The van der Waals surface area contributed by atoms with E-state index in [-0.39, 0.29) is 11.8 Å². The molecule has 23 heavy (non-hydrogen) atoms. The van der Waals surface area contributed by atoms with Gasteiger partial charge in [0, 0.05) is 37.0 Å². The van der Waals surface area contributed by atoms with Crippen LogP contribution in [-0.2, 0) is 17.6 Å². The van der Waals surface area contributed by atoms with Crippen LogP contribution in [-0.4, -0.2) is 47.8 Å². The van der Waals surface area contributed by atoms with E-state index in [1.807, 2.05) is 29.7 Å². The normalized spacial score (nSPS) is 20.4. The van der Waals surface area contributed by atoms with Gasteiger partial charge in [0.1, 0.15) is 0 Å². The molecule has 3 rings (SSSR count). The van der Waals surface area contributed by atoms with Crippen LogP contribution in [0.15, 0.2) is 6.07 Å². The number of rotatable bonds is 4. The van der Waals surface area contributed by atoms with E-state index >= 15 is 0 Å². The highest BCUT2D eigenvalue weighted by Crippen LogP contribution is 2.34. The minimum atomic E-state index is 0.117. The van der Waals surface area contributed by atoms with Crippen molar-refractivity contribution >= 4 is 23.2 Å². The molecule has 0 aromatic carbocycles. The summed E-state index contributed by atoms with van der Waals surface area (Å²) in [5.41, 5.74) is 1.23. The van der Waals surface area contributed by atoms with Crippen LogP contribution < -0.4 is 0 Å². The summed E-state index contributed by atoms with van der Waals surface area (Å²) in [6, 6.07) is 2.05. The van der Waals surface area contributed by atoms with Crippen LogP contribution in [0.2, 0.25) is 0 Å². The third-order valence-electron chi connectivity index (χ3n) is 5.11. The van der Waals surface area contributed by atoms with Gasteiger partial charge in [-0.25, -0.2) is 0 Å². The SMILES string of the molecule is CCN(CC)C(=O)c1cc2c(s1)CCC(C(=O)N1CCCC1)C2. The second-order valence-corrected chi connectivity index (χ2v) is 7.65. The Kier molecular flexibility index (Phi) is 5.05. The van der Waals surface area contributed by atoms with Crippen molar-refractivity contribution in [1.29, 1.82) is 0 Å². The van der Waals surface area contributed by atoms with Crippen LogP contribution in [0.5, 0.6) is 0 Å². The molecule has 1 atom stereocenters. The molecule has 1 saturated heterocycles. The van der Waals surface area contributed by atoms with Crippen molar-refractivity contribution in [2.45, 2.75) is 46.0 Å². The molecule has 126 valence electrons. The molecule has 5 heteroatoms. The molecule has 1 aliphatic carbocycles. The van der Waals surface area contributed by atoms with Crippen LogP contribution >= 0.6 is 11.3 Å². The first-order valence-corrected chi connectivity index (χ1v) is 9.65. The number of carbonyl (C=O) groups excluding carboxylic acids is 2. The molecule has 0 saturated carbocycles. The summed E-state index contributed by atoms with van der Waals surface area (Å²) in [6.45, 7) is 7.37. The standard InChI is InChI=1S/C18H26N2O2S/c1-3-19(4-2)18(22)16-12-14-11-13(7-8-15(14)23-16)17(21)20-9-5-6-10-20/h12-13H,3-11H2,1-2H3. The molecule has 1 aromatic rings. The molecule has 2 heterocycles. The zero-order chi connectivity index (χ0) is 16.4. The number of amides is 2. The maximum absolute atomic E-state index is 12.6. The largest absolute Gasteiger partial charge is 0.342 e. The molecule has 1 aliphatic heterocycles. The van der Waals surface area contributed by atoms with Crippen LogP contribution in [0.1, 0.15) is 53.2 Å². The van der Waals surface area contributed by atoms with Gasteiger partial charge in [-0.15, -0.1) is 11.3 Å². The number of likely N-dealkylation sites (tertiary alicyclic amines) is 1. The molecule has 0 spiro atoms. The number of fused-ring (bicyclic) bond motifs is 1. The fourth-order valence-corrected chi connectivity index (χ4v) is 4.88. The Bertz CT molecular complexity index is 586. The van der Waals surface area contributed by atoms with E-state index in [1.54, 1.807) is 11.3 Å². The summed E-state index contributed by atoms with van der Waals surface area (Å²) in [5.74, 6) is 0.583. The number of hydrogen-bond acceptors (Lipinski definition) is 3. The highest BCUT2D eigenvalue weighted by molar-refractivity contribution is 7.14. The Morgan fingerprint density at radius 3 is 2.61 bits per heavy atom. The van der Waals surface area contributed by atoms with E-state index in [2.05, 4.69) is 0 Å². The van der Waals surface area contributed by atoms with Gasteiger partial charge in [-0.05, 0) is 57.6 Å². The fraction of sp³-hybridized carbons (Fsp3) is 0.667. The Hall–Kier alpha value is -1.36. The van der Waals surface area contributed by atoms with Crippen molar-refractivity contribution < 1.29 is 9.59 Å². The molecule has 2 aliphatic rings. The average molecular weight is 334 g/mol. The van der Waals surface area contributed by atoms with Gasteiger partial charge < -0.3 is 9.80 Å². The zero-order valence-electron chi connectivity index (χ0n) is 14.1. The molecular formula is C18H26N2O2S. The summed E-state index contributed by atoms with van der Waals surface area (Å²) < 4.78 is 0. The van der Waals surface area contributed by atoms with Crippen LogP contribution in [0, 0.1) is 5.92 Å². The minimum Gasteiger partial charge on any atom is -0.342 e. The summed E-state index contributed by atoms with van der Waals surface area (Å²) >= 11 is 1.63. The van der Waals surface area contributed by atoms with E-state index in [1.165, 1.54) is 10.4 Å². The predicted molar refractivity (Wildman–Crippen MR) is 92.9 cm³/mol. The highest BCUT2D eigenvalue weighted by atomic mass is 32.1. The monoisotopic (exact) mass is 334 g/mol. The Morgan fingerprint density at radius 2 is 1.96 bits per heavy atom. The van der Waals surface area contributed by atoms with Gasteiger partial charge in [0.25, 0.3) is 5.91 Å². The number of hydrogen-bond donors (Lipinski definition) is 0. The van der Waals surface area contributed by atoms with Crippen LogP contribution in [0.25, 0.3) is 0 Å². The van der Waals surface area contributed by atoms with E-state index in [9.17, 15) is 9.59 Å². The second-order valence-electron chi connectivity index (χ2n) is 6.51. The average Bonchev–Trinajstić information content (AvgIpc) is 3.23. The predicted octanol–water partition coefficient (Wildman–Crippen LogP) is 2.96. The topological polar surface area (TPSA) is 40.6 Å². The summed E-state index contributed by atoms with van der Waals surface area (Å²) in [5, 5.41) is 0. The van der Waals surface area contributed by atoms with Crippen molar-refractivity contribution in [3.8, 4) is 0 Å². The van der Waals surface area contributed by atoms with E-state index < -0.39 is 0 Å². The van der Waals surface area contributed by atoms with E-state index in [0.29, 0.717) is 5.91 Å². The Balaban J connectivity index is 1.71. The van der Waals surface area contributed by atoms with Gasteiger partial charge in [-0.2, -0.15) is 0 Å². The van der Waals surface area contributed by atoms with Crippen molar-refractivity contribution in [3.05, 3.63) is 21.4 Å². The third-order valence-corrected chi connectivity index (χ3v) is 6.34. The van der Waals surface area contributed by atoms with Gasteiger partial charge in [0.15, 0.2) is 0 Å². The maximum Gasteiger partial charge on any atom is 0.263 e. The van der Waals surface area contributed by atoms with Gasteiger partial charge >= 0.3 is 0 Å². The molecule has 0 N–H and O–H groups in total. The molecule has 0 radical (unpaired) electrons. The van der Waals surface area contributed by atoms with Crippen LogP contribution in [0.3, 0.4) is 0 Å². The number of nitrogens with zero attached hydrogens (tertiary/aromatic N) is 2. The van der Waals surface area contributed by atoms with Crippen molar-refractivity contribution in [2.24, 2.45) is 5.92 Å². The van der Waals surface area contributed by atoms with Crippen molar-refractivity contribution in [1.82, 2.24) is 9.80 Å². The van der Waals surface area contributed by atoms with Gasteiger partial charge in [0.2, 0.25) is 5.91 Å². The number of carbonyl (C=O) groups is 2. The molecule has 1 aromatic heterocycles. The zero-order valence-corrected chi connectivity index (χ0v) is 15.0. The first-order valence-electron chi connectivity index (χ1n) is 8.83. The van der Waals surface area contributed by atoms with Gasteiger partial charge in [-0.1, -0.05) is 0 Å². The molecule has 2 amide bonds. The third kappa shape index (κ3) is 3.30. The highest BCUT2D eigenvalue weighted by Gasteiger charge is 2.31. The van der Waals surface area contributed by atoms with Crippen LogP contribution in [0.4, 0.5) is 0 Å². The molecule has 1 unspecified atom stereocenters. The Labute approximate surface area is 142 Å². The number of aryl methyl sites for hydroxylation is 1.